The Balaban J connectivity index is 3.06. The number of carbonyl (C=O) groups excluding carboxylic acids is 1. The summed E-state index contributed by atoms with van der Waals surface area (Å²) in [6.07, 6.45) is 0. The van der Waals surface area contributed by atoms with Crippen molar-refractivity contribution in [3.8, 4) is 11.8 Å². The molecule has 0 saturated heterocycles. The maximum absolute atomic E-state index is 12.6. The minimum atomic E-state index is -0.00199. The summed E-state index contributed by atoms with van der Waals surface area (Å²) >= 11 is 0. The molecule has 0 radical (unpaired) electrons. The normalized spacial score (nSPS) is 11.5. The van der Waals surface area contributed by atoms with Crippen molar-refractivity contribution < 1.29 is 9.53 Å². The van der Waals surface area contributed by atoms with Crippen LogP contribution in [0.2, 0.25) is 0 Å². The summed E-state index contributed by atoms with van der Waals surface area (Å²) in [6.45, 7) is 7.39. The Morgan fingerprint density at radius 3 is 2.76 bits per heavy atom. The lowest BCUT2D eigenvalue weighted by atomic mass is 10.0. The van der Waals surface area contributed by atoms with Crippen LogP contribution in [0.4, 0.5) is 0 Å². The molecule has 1 atom stereocenters. The number of hydrogen-bond acceptors (Lipinski definition) is 3. The summed E-state index contributed by atoms with van der Waals surface area (Å²) in [5.74, 6) is 5.84. The van der Waals surface area contributed by atoms with Gasteiger partial charge in [0.25, 0.3) is 5.91 Å². The van der Waals surface area contributed by atoms with Crippen LogP contribution in [0.3, 0.4) is 0 Å². The molecule has 1 amide bonds. The highest BCUT2D eigenvalue weighted by Crippen LogP contribution is 2.14. The lowest BCUT2D eigenvalue weighted by Gasteiger charge is -2.27. The molecule has 0 heterocycles. The molecule has 0 aromatic heterocycles. The summed E-state index contributed by atoms with van der Waals surface area (Å²) in [5.41, 5.74) is 7.94. The van der Waals surface area contributed by atoms with Crippen LogP contribution in [0.1, 0.15) is 35.3 Å². The first kappa shape index (κ1) is 17.2. The first-order valence-electron chi connectivity index (χ1n) is 7.14. The number of hydrogen-bond donors (Lipinski definition) is 1. The van der Waals surface area contributed by atoms with Crippen LogP contribution in [-0.4, -0.2) is 43.7 Å². The predicted octanol–water partition coefficient (Wildman–Crippen LogP) is 1.80. The summed E-state index contributed by atoms with van der Waals surface area (Å²) in [4.78, 5) is 14.4. The number of rotatable bonds is 5. The molecule has 2 N–H and O–H groups in total. The standard InChI is InChI=1S/C17H24N2O2/c1-5-19(14(3)12-21-4)17(20)16-9-8-13(2)15(11-16)7-6-10-18/h8-9,11,14H,5,10,12,18H2,1-4H3. The second kappa shape index (κ2) is 8.46. The van der Waals surface area contributed by atoms with E-state index in [1.165, 1.54) is 0 Å². The van der Waals surface area contributed by atoms with Crippen molar-refractivity contribution in [2.24, 2.45) is 5.73 Å². The average molecular weight is 288 g/mol. The molecule has 1 aromatic rings. The number of amides is 1. The smallest absolute Gasteiger partial charge is 0.254 e. The highest BCUT2D eigenvalue weighted by atomic mass is 16.5. The number of aryl methyl sites for hydroxylation is 1. The van der Waals surface area contributed by atoms with Gasteiger partial charge in [0.1, 0.15) is 0 Å². The van der Waals surface area contributed by atoms with Crippen molar-refractivity contribution in [1.29, 1.82) is 0 Å². The first-order valence-corrected chi connectivity index (χ1v) is 7.14. The number of nitrogens with zero attached hydrogens (tertiary/aromatic N) is 1. The van der Waals surface area contributed by atoms with E-state index < -0.39 is 0 Å². The Bertz CT molecular complexity index is 543. The molecule has 0 aliphatic heterocycles. The first-order chi connectivity index (χ1) is 10.0. The fourth-order valence-corrected chi connectivity index (χ4v) is 2.19. The van der Waals surface area contributed by atoms with E-state index in [1.54, 1.807) is 12.0 Å². The van der Waals surface area contributed by atoms with E-state index in [0.29, 0.717) is 25.3 Å². The molecular weight excluding hydrogens is 264 g/mol. The van der Waals surface area contributed by atoms with Crippen molar-refractivity contribution >= 4 is 5.91 Å². The molecule has 1 rings (SSSR count). The highest BCUT2D eigenvalue weighted by molar-refractivity contribution is 5.95. The Morgan fingerprint density at radius 1 is 1.48 bits per heavy atom. The fraction of sp³-hybridized carbons (Fsp3) is 0.471. The second-order valence-electron chi connectivity index (χ2n) is 4.93. The van der Waals surface area contributed by atoms with E-state index in [-0.39, 0.29) is 11.9 Å². The number of nitrogens with two attached hydrogens (primary N) is 1. The van der Waals surface area contributed by atoms with Crippen LogP contribution in [0.15, 0.2) is 18.2 Å². The topological polar surface area (TPSA) is 55.6 Å². The molecule has 0 aliphatic rings. The van der Waals surface area contributed by atoms with Crippen molar-refractivity contribution in [1.82, 2.24) is 4.90 Å². The summed E-state index contributed by atoms with van der Waals surface area (Å²) in [7, 11) is 1.64. The number of benzene rings is 1. The van der Waals surface area contributed by atoms with Gasteiger partial charge in [-0.25, -0.2) is 0 Å². The van der Waals surface area contributed by atoms with Gasteiger partial charge in [-0.2, -0.15) is 0 Å². The molecule has 4 nitrogen and oxygen atoms in total. The number of methoxy groups -OCH3 is 1. The van der Waals surface area contributed by atoms with Crippen molar-refractivity contribution in [2.45, 2.75) is 26.8 Å². The zero-order valence-corrected chi connectivity index (χ0v) is 13.3. The van der Waals surface area contributed by atoms with Gasteiger partial charge in [-0.3, -0.25) is 4.79 Å². The number of likely N-dealkylation sites (N-methyl/N-ethyl adjacent to an activating group) is 1. The molecule has 0 aliphatic carbocycles. The Hall–Kier alpha value is -1.83. The van der Waals surface area contributed by atoms with Crippen LogP contribution in [0, 0.1) is 18.8 Å². The Morgan fingerprint density at radius 2 is 2.19 bits per heavy atom. The Kier molecular flexibility index (Phi) is 6.93. The van der Waals surface area contributed by atoms with Crippen LogP contribution >= 0.6 is 0 Å². The van der Waals surface area contributed by atoms with Gasteiger partial charge < -0.3 is 15.4 Å². The minimum absolute atomic E-state index is 0.00199. The van der Waals surface area contributed by atoms with E-state index >= 15 is 0 Å². The van der Waals surface area contributed by atoms with Crippen LogP contribution in [0.25, 0.3) is 0 Å². The monoisotopic (exact) mass is 288 g/mol. The van der Waals surface area contributed by atoms with Crippen molar-refractivity contribution in [2.75, 3.05) is 26.8 Å². The van der Waals surface area contributed by atoms with E-state index in [2.05, 4.69) is 11.8 Å². The van der Waals surface area contributed by atoms with E-state index in [4.69, 9.17) is 10.5 Å². The van der Waals surface area contributed by atoms with Crippen LogP contribution in [0.5, 0.6) is 0 Å². The molecule has 1 unspecified atom stereocenters. The highest BCUT2D eigenvalue weighted by Gasteiger charge is 2.20. The molecule has 0 spiro atoms. The molecular formula is C17H24N2O2. The lowest BCUT2D eigenvalue weighted by Crippen LogP contribution is -2.40. The van der Waals surface area contributed by atoms with Gasteiger partial charge >= 0.3 is 0 Å². The third-order valence-electron chi connectivity index (χ3n) is 3.35. The van der Waals surface area contributed by atoms with Gasteiger partial charge in [0.05, 0.1) is 19.2 Å². The van der Waals surface area contributed by atoms with Gasteiger partial charge in [0, 0.05) is 24.8 Å². The van der Waals surface area contributed by atoms with Gasteiger partial charge in [-0.1, -0.05) is 17.9 Å². The molecule has 0 saturated carbocycles. The molecule has 114 valence electrons. The average Bonchev–Trinajstić information content (AvgIpc) is 2.47. The molecule has 21 heavy (non-hydrogen) atoms. The number of ether oxygens (including phenoxy) is 1. The summed E-state index contributed by atoms with van der Waals surface area (Å²) in [6, 6.07) is 5.63. The quantitative estimate of drug-likeness (QED) is 0.841. The molecule has 4 heteroatoms. The van der Waals surface area contributed by atoms with Crippen molar-refractivity contribution in [3.05, 3.63) is 34.9 Å². The minimum Gasteiger partial charge on any atom is -0.383 e. The summed E-state index contributed by atoms with van der Waals surface area (Å²) in [5, 5.41) is 0. The molecule has 1 aromatic carbocycles. The van der Waals surface area contributed by atoms with Crippen LogP contribution < -0.4 is 5.73 Å². The maximum atomic E-state index is 12.6. The SMILES string of the molecule is CCN(C(=O)c1ccc(C)c(C#CCN)c1)C(C)COC. The van der Waals surface area contributed by atoms with E-state index in [9.17, 15) is 4.79 Å². The van der Waals surface area contributed by atoms with Crippen molar-refractivity contribution in [3.63, 3.8) is 0 Å². The van der Waals surface area contributed by atoms with Gasteiger partial charge in [-0.15, -0.1) is 0 Å². The largest absolute Gasteiger partial charge is 0.383 e. The maximum Gasteiger partial charge on any atom is 0.254 e. The zero-order valence-electron chi connectivity index (χ0n) is 13.3. The van der Waals surface area contributed by atoms with Gasteiger partial charge in [0.15, 0.2) is 0 Å². The van der Waals surface area contributed by atoms with Gasteiger partial charge in [-0.05, 0) is 38.5 Å². The van der Waals surface area contributed by atoms with E-state index in [0.717, 1.165) is 11.1 Å². The Labute approximate surface area is 127 Å². The molecule has 0 fully saturated rings. The van der Waals surface area contributed by atoms with Crippen LogP contribution in [-0.2, 0) is 4.74 Å². The second-order valence-corrected chi connectivity index (χ2v) is 4.93. The molecule has 0 bridgehead atoms. The predicted molar refractivity (Wildman–Crippen MR) is 85.2 cm³/mol. The summed E-state index contributed by atoms with van der Waals surface area (Å²) < 4.78 is 5.14. The van der Waals surface area contributed by atoms with E-state index in [1.807, 2.05) is 39.0 Å². The third-order valence-corrected chi connectivity index (χ3v) is 3.35. The zero-order chi connectivity index (χ0) is 15.8. The lowest BCUT2D eigenvalue weighted by molar-refractivity contribution is 0.0579. The fourth-order valence-electron chi connectivity index (χ4n) is 2.19. The number of carbonyl (C=O) groups is 1. The van der Waals surface area contributed by atoms with Gasteiger partial charge in [0.2, 0.25) is 0 Å². The third kappa shape index (κ3) is 4.59.